The summed E-state index contributed by atoms with van der Waals surface area (Å²) in [4.78, 5) is 11.9. The average Bonchev–Trinajstić information content (AvgIpc) is 2.43. The second-order valence-electron chi connectivity index (χ2n) is 4.98. The fourth-order valence-electron chi connectivity index (χ4n) is 1.59. The van der Waals surface area contributed by atoms with Gasteiger partial charge in [-0.15, -0.1) is 0 Å². The zero-order valence-corrected chi connectivity index (χ0v) is 12.4. The van der Waals surface area contributed by atoms with Crippen molar-refractivity contribution in [3.05, 3.63) is 24.3 Å². The lowest BCUT2D eigenvalue weighted by Gasteiger charge is -2.15. The predicted molar refractivity (Wildman–Crippen MR) is 79.9 cm³/mol. The summed E-state index contributed by atoms with van der Waals surface area (Å²) in [6.07, 6.45) is 0.825. The van der Waals surface area contributed by atoms with Gasteiger partial charge in [0.25, 0.3) is 0 Å². The number of carbonyl (C=O) groups is 1. The molecular formula is C15H24N2O3. The number of methoxy groups -OCH3 is 1. The highest BCUT2D eigenvalue weighted by Gasteiger charge is 2.17. The second-order valence-corrected chi connectivity index (χ2v) is 4.98. The maximum absolute atomic E-state index is 11.9. The molecule has 5 heteroatoms. The summed E-state index contributed by atoms with van der Waals surface area (Å²) in [6, 6.07) is 6.78. The first-order valence-electron chi connectivity index (χ1n) is 6.83. The van der Waals surface area contributed by atoms with Gasteiger partial charge in [-0.3, -0.25) is 4.79 Å². The molecule has 0 radical (unpaired) electrons. The van der Waals surface area contributed by atoms with Crippen molar-refractivity contribution in [1.29, 1.82) is 0 Å². The first-order valence-corrected chi connectivity index (χ1v) is 6.83. The summed E-state index contributed by atoms with van der Waals surface area (Å²) in [5, 5.41) is 2.80. The van der Waals surface area contributed by atoms with Crippen molar-refractivity contribution < 1.29 is 14.3 Å². The van der Waals surface area contributed by atoms with E-state index in [1.807, 2.05) is 32.0 Å². The van der Waals surface area contributed by atoms with Gasteiger partial charge in [0.1, 0.15) is 5.75 Å². The maximum atomic E-state index is 11.9. The second kappa shape index (κ2) is 8.55. The lowest BCUT2D eigenvalue weighted by atomic mass is 10.0. The largest absolute Gasteiger partial charge is 0.493 e. The summed E-state index contributed by atoms with van der Waals surface area (Å²) in [5.74, 6) is 0.636. The highest BCUT2D eigenvalue weighted by molar-refractivity contribution is 5.94. The Bertz CT molecular complexity index is 421. The molecule has 0 aliphatic heterocycles. The van der Waals surface area contributed by atoms with Gasteiger partial charge in [-0.25, -0.2) is 0 Å². The molecule has 0 spiro atoms. The molecule has 1 aromatic carbocycles. The molecule has 0 aliphatic rings. The van der Waals surface area contributed by atoms with Crippen LogP contribution >= 0.6 is 0 Å². The molecule has 1 aromatic rings. The molecule has 0 saturated heterocycles. The van der Waals surface area contributed by atoms with Crippen molar-refractivity contribution in [3.8, 4) is 5.75 Å². The van der Waals surface area contributed by atoms with E-state index in [1.54, 1.807) is 13.2 Å². The quantitative estimate of drug-likeness (QED) is 0.715. The molecular weight excluding hydrogens is 256 g/mol. The Kier molecular flexibility index (Phi) is 7.04. The molecule has 5 nitrogen and oxygen atoms in total. The number of benzene rings is 1. The van der Waals surface area contributed by atoms with Crippen LogP contribution in [0.5, 0.6) is 5.75 Å². The van der Waals surface area contributed by atoms with Crippen LogP contribution in [0, 0.1) is 5.92 Å². The molecule has 0 saturated carbocycles. The fraction of sp³-hybridized carbons (Fsp3) is 0.533. The molecule has 0 heterocycles. The van der Waals surface area contributed by atoms with Crippen LogP contribution in [0.2, 0.25) is 0 Å². The molecule has 0 aliphatic carbocycles. The van der Waals surface area contributed by atoms with Crippen molar-refractivity contribution in [1.82, 2.24) is 0 Å². The third-order valence-electron chi connectivity index (χ3n) is 2.88. The SMILES string of the molecule is COCCCOc1cccc(NC(=O)[C@@H](N)C(C)C)c1. The number of anilines is 1. The van der Waals surface area contributed by atoms with Crippen LogP contribution in [-0.2, 0) is 9.53 Å². The van der Waals surface area contributed by atoms with Crippen LogP contribution < -0.4 is 15.8 Å². The predicted octanol–water partition coefficient (Wildman–Crippen LogP) is 2.02. The first kappa shape index (κ1) is 16.5. The number of nitrogens with two attached hydrogens (primary N) is 1. The third kappa shape index (κ3) is 5.59. The minimum absolute atomic E-state index is 0.100. The van der Waals surface area contributed by atoms with Gasteiger partial charge < -0.3 is 20.5 Å². The Labute approximate surface area is 120 Å². The molecule has 1 rings (SSSR count). The highest BCUT2D eigenvalue weighted by Crippen LogP contribution is 2.18. The van der Waals surface area contributed by atoms with Gasteiger partial charge >= 0.3 is 0 Å². The molecule has 3 N–H and O–H groups in total. The minimum atomic E-state index is -0.513. The monoisotopic (exact) mass is 280 g/mol. The van der Waals surface area contributed by atoms with E-state index in [1.165, 1.54) is 0 Å². The zero-order chi connectivity index (χ0) is 15.0. The lowest BCUT2D eigenvalue weighted by molar-refractivity contribution is -0.118. The molecule has 0 bridgehead atoms. The van der Waals surface area contributed by atoms with Crippen LogP contribution in [-0.4, -0.2) is 32.3 Å². The first-order chi connectivity index (χ1) is 9.54. The van der Waals surface area contributed by atoms with Gasteiger partial charge in [-0.05, 0) is 18.1 Å². The minimum Gasteiger partial charge on any atom is -0.493 e. The van der Waals surface area contributed by atoms with Gasteiger partial charge in [0.2, 0.25) is 5.91 Å². The van der Waals surface area contributed by atoms with Crippen LogP contribution in [0.25, 0.3) is 0 Å². The van der Waals surface area contributed by atoms with Gasteiger partial charge in [-0.1, -0.05) is 19.9 Å². The molecule has 1 atom stereocenters. The summed E-state index contributed by atoms with van der Waals surface area (Å²) < 4.78 is 10.5. The molecule has 0 aromatic heterocycles. The number of nitrogens with one attached hydrogen (secondary N) is 1. The zero-order valence-electron chi connectivity index (χ0n) is 12.4. The van der Waals surface area contributed by atoms with Crippen molar-refractivity contribution in [2.24, 2.45) is 11.7 Å². The Morgan fingerprint density at radius 2 is 2.10 bits per heavy atom. The molecule has 112 valence electrons. The fourth-order valence-corrected chi connectivity index (χ4v) is 1.59. The van der Waals surface area contributed by atoms with E-state index in [2.05, 4.69) is 5.32 Å². The topological polar surface area (TPSA) is 73.6 Å². The smallest absolute Gasteiger partial charge is 0.241 e. The molecule has 1 amide bonds. The standard InChI is InChI=1S/C15H24N2O3/c1-11(2)14(16)15(18)17-12-6-4-7-13(10-12)20-9-5-8-19-3/h4,6-7,10-11,14H,5,8-9,16H2,1-3H3,(H,17,18)/t14-/m0/s1. The summed E-state index contributed by atoms with van der Waals surface area (Å²) in [5.41, 5.74) is 6.49. The Morgan fingerprint density at radius 1 is 1.35 bits per heavy atom. The van der Waals surface area contributed by atoms with Gasteiger partial charge in [0.15, 0.2) is 0 Å². The number of rotatable bonds is 8. The van der Waals surface area contributed by atoms with E-state index >= 15 is 0 Å². The lowest BCUT2D eigenvalue weighted by Crippen LogP contribution is -2.39. The highest BCUT2D eigenvalue weighted by atomic mass is 16.5. The van der Waals surface area contributed by atoms with E-state index in [4.69, 9.17) is 15.2 Å². The van der Waals surface area contributed by atoms with Crippen molar-refractivity contribution in [2.45, 2.75) is 26.3 Å². The summed E-state index contributed by atoms with van der Waals surface area (Å²) in [6.45, 7) is 5.08. The third-order valence-corrected chi connectivity index (χ3v) is 2.88. The van der Waals surface area contributed by atoms with Gasteiger partial charge in [0, 0.05) is 31.9 Å². The Morgan fingerprint density at radius 3 is 2.75 bits per heavy atom. The average molecular weight is 280 g/mol. The van der Waals surface area contributed by atoms with Gasteiger partial charge in [0.05, 0.1) is 12.6 Å². The van der Waals surface area contributed by atoms with Crippen LogP contribution in [0.15, 0.2) is 24.3 Å². The Balaban J connectivity index is 2.53. The Hall–Kier alpha value is -1.59. The number of hydrogen-bond acceptors (Lipinski definition) is 4. The van der Waals surface area contributed by atoms with Crippen LogP contribution in [0.4, 0.5) is 5.69 Å². The number of amides is 1. The number of ether oxygens (including phenoxy) is 2. The summed E-state index contributed by atoms with van der Waals surface area (Å²) in [7, 11) is 1.66. The maximum Gasteiger partial charge on any atom is 0.241 e. The molecule has 0 fully saturated rings. The van der Waals surface area contributed by atoms with Crippen molar-refractivity contribution in [2.75, 3.05) is 25.6 Å². The normalized spacial score (nSPS) is 12.2. The van der Waals surface area contributed by atoms with E-state index in [9.17, 15) is 4.79 Å². The van der Waals surface area contributed by atoms with Crippen LogP contribution in [0.3, 0.4) is 0 Å². The van der Waals surface area contributed by atoms with E-state index < -0.39 is 6.04 Å². The van der Waals surface area contributed by atoms with Crippen molar-refractivity contribution >= 4 is 11.6 Å². The molecule has 20 heavy (non-hydrogen) atoms. The van der Waals surface area contributed by atoms with Crippen LogP contribution in [0.1, 0.15) is 20.3 Å². The van der Waals surface area contributed by atoms with Gasteiger partial charge in [-0.2, -0.15) is 0 Å². The van der Waals surface area contributed by atoms with E-state index in [-0.39, 0.29) is 11.8 Å². The van der Waals surface area contributed by atoms with E-state index in [0.717, 1.165) is 12.2 Å². The van der Waals surface area contributed by atoms with Crippen molar-refractivity contribution in [3.63, 3.8) is 0 Å². The number of carbonyl (C=O) groups excluding carboxylic acids is 1. The van der Waals surface area contributed by atoms with E-state index in [0.29, 0.717) is 18.9 Å². The summed E-state index contributed by atoms with van der Waals surface area (Å²) >= 11 is 0. The molecule has 0 unspecified atom stereocenters. The number of hydrogen-bond donors (Lipinski definition) is 2.